The molecule has 2 aromatic rings. The first-order valence-corrected chi connectivity index (χ1v) is 8.94. The van der Waals surface area contributed by atoms with Gasteiger partial charge < -0.3 is 15.1 Å². The number of hydrogen-bond donors (Lipinski definition) is 1. The Kier molecular flexibility index (Phi) is 6.78. The number of benzene rings is 2. The lowest BCUT2D eigenvalue weighted by Gasteiger charge is -2.24. The summed E-state index contributed by atoms with van der Waals surface area (Å²) in [5, 5.41) is 2.87. The maximum Gasteiger partial charge on any atom is 0.244 e. The minimum atomic E-state index is -0.220. The van der Waals surface area contributed by atoms with Gasteiger partial charge in [0.25, 0.3) is 0 Å². The normalized spacial score (nSPS) is 10.3. The topological polar surface area (TPSA) is 52.6 Å². The molecule has 2 amide bonds. The second kappa shape index (κ2) is 9.04. The predicted octanol–water partition coefficient (Wildman–Crippen LogP) is 3.83. The first-order chi connectivity index (χ1) is 12.5. The number of anilines is 3. The molecule has 1 N–H and O–H groups in total. The average molecular weight is 353 g/mol. The smallest absolute Gasteiger partial charge is 0.244 e. The molecule has 0 saturated heterocycles. The second-order valence-corrected chi connectivity index (χ2v) is 6.16. The van der Waals surface area contributed by atoms with Crippen molar-refractivity contribution in [3.05, 3.63) is 54.1 Å². The van der Waals surface area contributed by atoms with Crippen molar-refractivity contribution in [1.29, 1.82) is 0 Å². The molecule has 0 heterocycles. The number of carbonyl (C=O) groups is 2. The highest BCUT2D eigenvalue weighted by atomic mass is 16.2. The third-order valence-electron chi connectivity index (χ3n) is 4.39. The molecule has 138 valence electrons. The van der Waals surface area contributed by atoms with Crippen molar-refractivity contribution < 1.29 is 9.59 Å². The van der Waals surface area contributed by atoms with E-state index in [0.717, 1.165) is 30.0 Å². The van der Waals surface area contributed by atoms with Crippen LogP contribution in [0.5, 0.6) is 0 Å². The van der Waals surface area contributed by atoms with Crippen LogP contribution in [0.25, 0.3) is 0 Å². The van der Waals surface area contributed by atoms with E-state index in [2.05, 4.69) is 24.1 Å². The monoisotopic (exact) mass is 353 g/mol. The zero-order chi connectivity index (χ0) is 19.1. The number of rotatable bonds is 7. The summed E-state index contributed by atoms with van der Waals surface area (Å²) in [7, 11) is 0. The van der Waals surface area contributed by atoms with Gasteiger partial charge in [-0.3, -0.25) is 9.59 Å². The number of carbonyl (C=O) groups excluding carboxylic acids is 2. The van der Waals surface area contributed by atoms with Crippen molar-refractivity contribution in [2.45, 2.75) is 27.7 Å². The zero-order valence-electron chi connectivity index (χ0n) is 16.0. The number of nitrogens with zero attached hydrogens (tertiary/aromatic N) is 2. The highest BCUT2D eigenvalue weighted by molar-refractivity contribution is 6.02. The average Bonchev–Trinajstić information content (AvgIpc) is 2.63. The highest BCUT2D eigenvalue weighted by Crippen LogP contribution is 2.21. The van der Waals surface area contributed by atoms with E-state index in [0.29, 0.717) is 5.69 Å². The predicted molar refractivity (Wildman–Crippen MR) is 108 cm³/mol. The summed E-state index contributed by atoms with van der Waals surface area (Å²) in [5.74, 6) is -0.386. The molecule has 0 unspecified atom stereocenters. The van der Waals surface area contributed by atoms with Crippen LogP contribution in [0, 0.1) is 6.92 Å². The first kappa shape index (κ1) is 19.5. The van der Waals surface area contributed by atoms with Gasteiger partial charge in [0.15, 0.2) is 0 Å². The van der Waals surface area contributed by atoms with E-state index in [4.69, 9.17) is 0 Å². The number of amides is 2. The molecule has 0 radical (unpaired) electrons. The Bertz CT molecular complexity index is 752. The maximum atomic E-state index is 12.4. The quantitative estimate of drug-likeness (QED) is 0.823. The second-order valence-electron chi connectivity index (χ2n) is 6.16. The molecule has 5 nitrogen and oxygen atoms in total. The lowest BCUT2D eigenvalue weighted by atomic mass is 10.2. The minimum Gasteiger partial charge on any atom is -0.372 e. The van der Waals surface area contributed by atoms with Crippen molar-refractivity contribution in [3.8, 4) is 0 Å². The molecule has 0 spiro atoms. The lowest BCUT2D eigenvalue weighted by Crippen LogP contribution is -2.36. The molecular formula is C21H27N3O2. The van der Waals surface area contributed by atoms with Gasteiger partial charge in [0.2, 0.25) is 11.8 Å². The van der Waals surface area contributed by atoms with Crippen LogP contribution >= 0.6 is 0 Å². The van der Waals surface area contributed by atoms with Gasteiger partial charge in [-0.2, -0.15) is 0 Å². The molecule has 0 fully saturated rings. The van der Waals surface area contributed by atoms with Crippen LogP contribution in [0.3, 0.4) is 0 Å². The summed E-state index contributed by atoms with van der Waals surface area (Å²) in [6.07, 6.45) is 0. The molecule has 0 bridgehead atoms. The minimum absolute atomic E-state index is 0.0196. The van der Waals surface area contributed by atoms with Crippen molar-refractivity contribution >= 4 is 28.9 Å². The van der Waals surface area contributed by atoms with Crippen molar-refractivity contribution in [1.82, 2.24) is 0 Å². The summed E-state index contributed by atoms with van der Waals surface area (Å²) < 4.78 is 0. The largest absolute Gasteiger partial charge is 0.372 e. The third-order valence-corrected chi connectivity index (χ3v) is 4.39. The highest BCUT2D eigenvalue weighted by Gasteiger charge is 2.16. The fourth-order valence-corrected chi connectivity index (χ4v) is 2.86. The Labute approximate surface area is 155 Å². The van der Waals surface area contributed by atoms with E-state index < -0.39 is 0 Å². The molecule has 0 aliphatic carbocycles. The molecular weight excluding hydrogens is 326 g/mol. The fourth-order valence-electron chi connectivity index (χ4n) is 2.86. The Morgan fingerprint density at radius 3 is 2.04 bits per heavy atom. The van der Waals surface area contributed by atoms with Crippen LogP contribution in [-0.4, -0.2) is 31.4 Å². The van der Waals surface area contributed by atoms with Crippen LogP contribution in [0.2, 0.25) is 0 Å². The van der Waals surface area contributed by atoms with Crippen LogP contribution in [-0.2, 0) is 9.59 Å². The van der Waals surface area contributed by atoms with E-state index in [-0.39, 0.29) is 18.4 Å². The number of para-hydroxylation sites is 1. The van der Waals surface area contributed by atoms with Crippen LogP contribution in [0.4, 0.5) is 17.1 Å². The van der Waals surface area contributed by atoms with Gasteiger partial charge in [-0.15, -0.1) is 0 Å². The third kappa shape index (κ3) is 4.85. The van der Waals surface area contributed by atoms with Gasteiger partial charge >= 0.3 is 0 Å². The summed E-state index contributed by atoms with van der Waals surface area (Å²) >= 11 is 0. The van der Waals surface area contributed by atoms with Crippen LogP contribution in [0.15, 0.2) is 48.5 Å². The Morgan fingerprint density at radius 2 is 1.50 bits per heavy atom. The van der Waals surface area contributed by atoms with Gasteiger partial charge in [-0.05, 0) is 56.7 Å². The van der Waals surface area contributed by atoms with Crippen molar-refractivity contribution in [2.24, 2.45) is 0 Å². The van der Waals surface area contributed by atoms with E-state index in [1.54, 1.807) is 0 Å². The molecule has 26 heavy (non-hydrogen) atoms. The van der Waals surface area contributed by atoms with E-state index in [1.165, 1.54) is 11.8 Å². The van der Waals surface area contributed by atoms with Crippen molar-refractivity contribution in [3.63, 3.8) is 0 Å². The van der Waals surface area contributed by atoms with Gasteiger partial charge in [-0.25, -0.2) is 0 Å². The van der Waals surface area contributed by atoms with Crippen molar-refractivity contribution in [2.75, 3.05) is 34.8 Å². The summed E-state index contributed by atoms with van der Waals surface area (Å²) in [4.78, 5) is 28.2. The van der Waals surface area contributed by atoms with Crippen LogP contribution < -0.4 is 15.1 Å². The lowest BCUT2D eigenvalue weighted by molar-refractivity contribution is -0.120. The number of nitrogens with one attached hydrogen (secondary N) is 1. The Morgan fingerprint density at radius 1 is 0.923 bits per heavy atom. The first-order valence-electron chi connectivity index (χ1n) is 8.94. The molecule has 0 aromatic heterocycles. The molecule has 0 aliphatic rings. The molecule has 0 aliphatic heterocycles. The van der Waals surface area contributed by atoms with E-state index in [1.807, 2.05) is 55.5 Å². The van der Waals surface area contributed by atoms with Gasteiger partial charge in [-0.1, -0.05) is 18.2 Å². The summed E-state index contributed by atoms with van der Waals surface area (Å²) in [6.45, 7) is 9.44. The molecule has 2 rings (SSSR count). The molecule has 0 atom stereocenters. The summed E-state index contributed by atoms with van der Waals surface area (Å²) in [6, 6.07) is 15.3. The SMILES string of the molecule is CCN(CC)c1ccc(N(CC(=O)Nc2ccccc2C)C(C)=O)cc1. The number of hydrogen-bond acceptors (Lipinski definition) is 3. The van der Waals surface area contributed by atoms with E-state index in [9.17, 15) is 9.59 Å². The van der Waals surface area contributed by atoms with Crippen LogP contribution in [0.1, 0.15) is 26.3 Å². The Hall–Kier alpha value is -2.82. The van der Waals surface area contributed by atoms with E-state index >= 15 is 0 Å². The molecule has 0 saturated carbocycles. The van der Waals surface area contributed by atoms with Gasteiger partial charge in [0.1, 0.15) is 6.54 Å². The zero-order valence-corrected chi connectivity index (χ0v) is 16.0. The standard InChI is InChI=1S/C21H27N3O2/c1-5-23(6-2)18-11-13-19(14-12-18)24(17(4)25)15-21(26)22-20-10-8-7-9-16(20)3/h7-14H,5-6,15H2,1-4H3,(H,22,26). The van der Waals surface area contributed by atoms with Gasteiger partial charge in [0.05, 0.1) is 0 Å². The fraction of sp³-hybridized carbons (Fsp3) is 0.333. The number of aryl methyl sites for hydroxylation is 1. The van der Waals surface area contributed by atoms with Gasteiger partial charge in [0, 0.05) is 37.1 Å². The molecule has 5 heteroatoms. The maximum absolute atomic E-state index is 12.4. The molecule has 2 aromatic carbocycles. The summed E-state index contributed by atoms with van der Waals surface area (Å²) in [5.41, 5.74) is 3.57. The Balaban J connectivity index is 2.12.